The average Bonchev–Trinajstić information content (AvgIpc) is 2.88. The molecule has 40 heavy (non-hydrogen) atoms. The van der Waals surface area contributed by atoms with Gasteiger partial charge in [-0.1, -0.05) is 129 Å². The third-order valence-corrected chi connectivity index (χ3v) is 8.24. The maximum absolute atomic E-state index is 12.4. The molecule has 0 aromatic heterocycles. The Labute approximate surface area is 249 Å². The number of phosphoric acid groups is 1. The lowest BCUT2D eigenvalue weighted by atomic mass is 10.1. The second kappa shape index (κ2) is 27.8. The van der Waals surface area contributed by atoms with E-state index in [1.54, 1.807) is 0 Å². The Morgan fingerprint density at radius 1 is 0.575 bits per heavy atom. The zero-order valence-corrected chi connectivity index (χ0v) is 28.2. The first-order valence-corrected chi connectivity index (χ1v) is 18.3. The first-order valence-electron chi connectivity index (χ1n) is 16.8. The molecule has 0 rings (SSSR count). The summed E-state index contributed by atoms with van der Waals surface area (Å²) in [6, 6.07) is 0. The van der Waals surface area contributed by atoms with Crippen LogP contribution in [0.1, 0.15) is 142 Å². The lowest BCUT2D eigenvalue weighted by molar-refractivity contribution is -0.870. The molecule has 0 aliphatic rings. The number of ether oxygens (including phenoxy) is 2. The summed E-state index contributed by atoms with van der Waals surface area (Å²) >= 11 is 0. The van der Waals surface area contributed by atoms with E-state index in [0.717, 1.165) is 25.7 Å². The molecule has 0 aromatic carbocycles. The molecule has 0 aliphatic carbocycles. The highest BCUT2D eigenvalue weighted by Crippen LogP contribution is 2.39. The molecule has 0 bridgehead atoms. The van der Waals surface area contributed by atoms with Gasteiger partial charge in [0.15, 0.2) is 0 Å². The fraction of sp³-hybridized carbons (Fsp3) is 1.00. The third-order valence-electron chi connectivity index (χ3n) is 7.18. The van der Waals surface area contributed by atoms with Crippen LogP contribution >= 0.6 is 7.82 Å². The van der Waals surface area contributed by atoms with Gasteiger partial charge in [-0.2, -0.15) is 0 Å². The predicted molar refractivity (Wildman–Crippen MR) is 167 cm³/mol. The van der Waals surface area contributed by atoms with Crippen molar-refractivity contribution in [2.45, 2.75) is 148 Å². The summed E-state index contributed by atoms with van der Waals surface area (Å²) in [7, 11) is 1.55. The smallest absolute Gasteiger partial charge is 0.268 e. The Hall–Kier alpha value is -0.0100. The Morgan fingerprint density at radius 2 is 0.925 bits per heavy atom. The number of likely N-dealkylation sites (N-methyl/N-ethyl adjacent to an activating group) is 1. The van der Waals surface area contributed by atoms with Crippen molar-refractivity contribution < 1.29 is 32.5 Å². The molecule has 0 saturated heterocycles. The lowest BCUT2D eigenvalue weighted by Crippen LogP contribution is -2.38. The molecule has 0 fully saturated rings. The van der Waals surface area contributed by atoms with Crippen LogP contribution in [-0.2, 0) is 23.1 Å². The number of phosphoric ester groups is 1. The fourth-order valence-corrected chi connectivity index (χ4v) is 5.41. The van der Waals surface area contributed by atoms with Gasteiger partial charge in [0.05, 0.1) is 34.4 Å². The zero-order chi connectivity index (χ0) is 29.8. The number of unbranched alkanes of at least 4 members (excludes halogenated alkanes) is 18. The van der Waals surface area contributed by atoms with Gasteiger partial charge in [-0.15, -0.1) is 0 Å². The molecule has 7 nitrogen and oxygen atoms in total. The minimum absolute atomic E-state index is 0.0932. The largest absolute Gasteiger partial charge is 0.756 e. The summed E-state index contributed by atoms with van der Waals surface area (Å²) in [5.41, 5.74) is 0. The first-order chi connectivity index (χ1) is 19.2. The molecular formula is C32H68NO6P. The molecule has 0 saturated carbocycles. The van der Waals surface area contributed by atoms with Gasteiger partial charge in [-0.3, -0.25) is 4.57 Å². The number of rotatable bonds is 32. The van der Waals surface area contributed by atoms with Crippen molar-refractivity contribution in [1.82, 2.24) is 0 Å². The van der Waals surface area contributed by atoms with E-state index in [-0.39, 0.29) is 19.8 Å². The number of hydrogen-bond donors (Lipinski definition) is 0. The summed E-state index contributed by atoms with van der Waals surface area (Å²) in [6.45, 7) is 6.79. The van der Waals surface area contributed by atoms with E-state index >= 15 is 0 Å². The maximum Gasteiger partial charge on any atom is 0.268 e. The molecule has 0 N–H and O–H groups in total. The molecular weight excluding hydrogens is 525 g/mol. The molecule has 0 aromatic rings. The predicted octanol–water partition coefficient (Wildman–Crippen LogP) is 8.44. The number of hydrogen-bond acceptors (Lipinski definition) is 6. The van der Waals surface area contributed by atoms with Gasteiger partial charge in [0.25, 0.3) is 7.82 Å². The van der Waals surface area contributed by atoms with Gasteiger partial charge in [0, 0.05) is 13.2 Å². The summed E-state index contributed by atoms with van der Waals surface area (Å²) < 4.78 is 35.1. The van der Waals surface area contributed by atoms with E-state index in [1.165, 1.54) is 103 Å². The summed E-state index contributed by atoms with van der Waals surface area (Å²) in [4.78, 5) is 12.4. The molecule has 0 spiro atoms. The van der Waals surface area contributed by atoms with Crippen molar-refractivity contribution in [1.29, 1.82) is 0 Å². The highest BCUT2D eigenvalue weighted by atomic mass is 31.2. The zero-order valence-electron chi connectivity index (χ0n) is 27.3. The normalized spacial score (nSPS) is 13.8. The molecule has 1 atom stereocenters. The molecule has 242 valence electrons. The van der Waals surface area contributed by atoms with E-state index in [0.29, 0.717) is 24.2 Å². The van der Waals surface area contributed by atoms with Crippen molar-refractivity contribution in [2.24, 2.45) is 0 Å². The second-order valence-electron chi connectivity index (χ2n) is 12.5. The third kappa shape index (κ3) is 30.9. The molecule has 0 amide bonds. The number of quaternary nitrogens is 1. The first kappa shape index (κ1) is 40.0. The summed E-state index contributed by atoms with van der Waals surface area (Å²) in [5, 5.41) is 0. The highest BCUT2D eigenvalue weighted by molar-refractivity contribution is 7.45. The quantitative estimate of drug-likeness (QED) is 0.0443. The van der Waals surface area contributed by atoms with Crippen LogP contribution in [0.15, 0.2) is 0 Å². The molecule has 1 unspecified atom stereocenters. The highest BCUT2D eigenvalue weighted by Gasteiger charge is 2.20. The summed E-state index contributed by atoms with van der Waals surface area (Å²) in [5.74, 6) is 0. The second-order valence-corrected chi connectivity index (χ2v) is 13.9. The van der Waals surface area contributed by atoms with E-state index in [1.807, 2.05) is 21.1 Å². The Balaban J connectivity index is 4.17. The van der Waals surface area contributed by atoms with Crippen LogP contribution in [0.4, 0.5) is 0 Å². The Kier molecular flexibility index (Phi) is 27.8. The molecule has 0 heterocycles. The minimum Gasteiger partial charge on any atom is -0.756 e. The van der Waals surface area contributed by atoms with Gasteiger partial charge in [0.1, 0.15) is 19.3 Å². The van der Waals surface area contributed by atoms with Crippen LogP contribution in [0.5, 0.6) is 0 Å². The van der Waals surface area contributed by atoms with Crippen molar-refractivity contribution in [3.05, 3.63) is 0 Å². The van der Waals surface area contributed by atoms with Crippen molar-refractivity contribution in [2.75, 3.05) is 60.7 Å². The van der Waals surface area contributed by atoms with Crippen LogP contribution in [0.2, 0.25) is 0 Å². The van der Waals surface area contributed by atoms with Crippen LogP contribution in [-0.4, -0.2) is 71.3 Å². The van der Waals surface area contributed by atoms with E-state index < -0.39 is 13.9 Å². The van der Waals surface area contributed by atoms with Crippen LogP contribution in [0.25, 0.3) is 0 Å². The van der Waals surface area contributed by atoms with Gasteiger partial charge in [-0.05, 0) is 12.8 Å². The summed E-state index contributed by atoms with van der Waals surface area (Å²) in [6.07, 6.45) is 24.7. The van der Waals surface area contributed by atoms with Crippen molar-refractivity contribution in [3.63, 3.8) is 0 Å². The average molecular weight is 594 g/mol. The maximum atomic E-state index is 12.4. The standard InChI is InChI=1S/C32H68NO6P/c1-6-8-10-12-14-16-18-20-22-24-27-36-30-32(39-40(34,35)38-29-26-33(3,4)5)31-37-28-25-23-21-19-17-15-13-11-9-7-2/h32H,6-31H2,1-5H3. The van der Waals surface area contributed by atoms with Crippen LogP contribution < -0.4 is 4.89 Å². The Morgan fingerprint density at radius 3 is 1.27 bits per heavy atom. The van der Waals surface area contributed by atoms with Gasteiger partial charge < -0.3 is 27.9 Å². The van der Waals surface area contributed by atoms with E-state index in [4.69, 9.17) is 18.5 Å². The lowest BCUT2D eigenvalue weighted by Gasteiger charge is -2.30. The van der Waals surface area contributed by atoms with Gasteiger partial charge in [-0.25, -0.2) is 0 Å². The van der Waals surface area contributed by atoms with Crippen molar-refractivity contribution in [3.8, 4) is 0 Å². The van der Waals surface area contributed by atoms with Gasteiger partial charge >= 0.3 is 0 Å². The SMILES string of the molecule is CCCCCCCCCCCCOCC(COCCCCCCCCCCCC)OP(=O)([O-])OCC[N+](C)(C)C. The number of nitrogens with zero attached hydrogens (tertiary/aromatic N) is 1. The van der Waals surface area contributed by atoms with Gasteiger partial charge in [0.2, 0.25) is 0 Å². The minimum atomic E-state index is -4.42. The molecule has 0 aliphatic heterocycles. The van der Waals surface area contributed by atoms with E-state index in [9.17, 15) is 9.46 Å². The fourth-order valence-electron chi connectivity index (χ4n) is 4.56. The van der Waals surface area contributed by atoms with E-state index in [2.05, 4.69) is 13.8 Å². The molecule has 8 heteroatoms. The van der Waals surface area contributed by atoms with Crippen LogP contribution in [0, 0.1) is 0 Å². The van der Waals surface area contributed by atoms with Crippen LogP contribution in [0.3, 0.4) is 0 Å². The topological polar surface area (TPSA) is 77.1 Å². The monoisotopic (exact) mass is 593 g/mol. The van der Waals surface area contributed by atoms with Crippen molar-refractivity contribution >= 4 is 7.82 Å². The molecule has 0 radical (unpaired) electrons. The Bertz CT molecular complexity index is 544.